The molecule has 164 valence electrons. The number of carbonyl (C=O) groups excluding carboxylic acids is 2. The van der Waals surface area contributed by atoms with Crippen LogP contribution in [0.25, 0.3) is 6.08 Å². The molecule has 0 aliphatic heterocycles. The Morgan fingerprint density at radius 1 is 1.03 bits per heavy atom. The number of urea groups is 1. The van der Waals surface area contributed by atoms with Crippen LogP contribution < -0.4 is 25.4 Å². The van der Waals surface area contributed by atoms with E-state index >= 15 is 0 Å². The first-order valence-electron chi connectivity index (χ1n) is 10.5. The number of nitrogens with one attached hydrogen (secondary N) is 3. The fraction of sp³-hybridized carbons (Fsp3) is 0.333. The molecule has 7 heteroatoms. The third kappa shape index (κ3) is 7.37. The average Bonchev–Trinajstić information content (AvgIpc) is 3.58. The maximum atomic E-state index is 12.2. The highest BCUT2D eigenvalue weighted by atomic mass is 16.5. The molecule has 3 rings (SSSR count). The summed E-state index contributed by atoms with van der Waals surface area (Å²) in [5.41, 5.74) is 2.14. The first kappa shape index (κ1) is 22.2. The third-order valence-electron chi connectivity index (χ3n) is 4.69. The van der Waals surface area contributed by atoms with Gasteiger partial charge in [-0.15, -0.1) is 0 Å². The van der Waals surface area contributed by atoms with Crippen LogP contribution in [0, 0.1) is 0 Å². The van der Waals surface area contributed by atoms with Crippen molar-refractivity contribution in [3.63, 3.8) is 0 Å². The summed E-state index contributed by atoms with van der Waals surface area (Å²) in [6.45, 7) is 2.75. The molecule has 1 fully saturated rings. The van der Waals surface area contributed by atoms with Crippen LogP contribution in [0.3, 0.4) is 0 Å². The average molecular weight is 424 g/mol. The quantitative estimate of drug-likeness (QED) is 0.378. The normalized spacial score (nSPS) is 13.0. The maximum Gasteiger partial charge on any atom is 0.319 e. The summed E-state index contributed by atoms with van der Waals surface area (Å²) in [7, 11) is 1.59. The van der Waals surface area contributed by atoms with Gasteiger partial charge in [-0.2, -0.15) is 0 Å². The minimum atomic E-state index is -0.255. The molecule has 2 aromatic carbocycles. The van der Waals surface area contributed by atoms with Crippen LogP contribution >= 0.6 is 0 Å². The van der Waals surface area contributed by atoms with Crippen molar-refractivity contribution in [2.75, 3.05) is 24.4 Å². The predicted molar refractivity (Wildman–Crippen MR) is 123 cm³/mol. The SMILES string of the molecule is CCCCOc1ccc(/C=C/C(=O)Nc2ccc(NC(=O)NC3CC3)cc2)cc1OC. The molecule has 0 aromatic heterocycles. The number of ether oxygens (including phenoxy) is 2. The Kier molecular flexibility index (Phi) is 7.92. The van der Waals surface area contributed by atoms with Gasteiger partial charge < -0.3 is 25.4 Å². The van der Waals surface area contributed by atoms with Gasteiger partial charge in [-0.1, -0.05) is 19.4 Å². The van der Waals surface area contributed by atoms with E-state index in [0.717, 1.165) is 31.2 Å². The summed E-state index contributed by atoms with van der Waals surface area (Å²) in [6, 6.07) is 12.6. The van der Waals surface area contributed by atoms with Gasteiger partial charge in [-0.05, 0) is 67.3 Å². The van der Waals surface area contributed by atoms with E-state index < -0.39 is 0 Å². The van der Waals surface area contributed by atoms with Crippen LogP contribution in [0.1, 0.15) is 38.2 Å². The molecular weight excluding hydrogens is 394 g/mol. The van der Waals surface area contributed by atoms with Gasteiger partial charge >= 0.3 is 6.03 Å². The number of benzene rings is 2. The maximum absolute atomic E-state index is 12.2. The van der Waals surface area contributed by atoms with E-state index in [-0.39, 0.29) is 11.9 Å². The van der Waals surface area contributed by atoms with Crippen molar-refractivity contribution in [3.05, 3.63) is 54.1 Å². The van der Waals surface area contributed by atoms with Crippen molar-refractivity contribution >= 4 is 29.4 Å². The highest BCUT2D eigenvalue weighted by Crippen LogP contribution is 2.28. The molecule has 0 heterocycles. The minimum Gasteiger partial charge on any atom is -0.493 e. The van der Waals surface area contributed by atoms with Gasteiger partial charge in [0.05, 0.1) is 13.7 Å². The lowest BCUT2D eigenvalue weighted by molar-refractivity contribution is -0.111. The monoisotopic (exact) mass is 423 g/mol. The number of hydrogen-bond donors (Lipinski definition) is 3. The Morgan fingerprint density at radius 3 is 2.39 bits per heavy atom. The van der Waals surface area contributed by atoms with Gasteiger partial charge in [-0.3, -0.25) is 4.79 Å². The van der Waals surface area contributed by atoms with E-state index in [1.54, 1.807) is 37.5 Å². The van der Waals surface area contributed by atoms with Crippen molar-refractivity contribution in [1.82, 2.24) is 5.32 Å². The summed E-state index contributed by atoms with van der Waals surface area (Å²) >= 11 is 0. The van der Waals surface area contributed by atoms with Crippen molar-refractivity contribution in [3.8, 4) is 11.5 Å². The largest absolute Gasteiger partial charge is 0.493 e. The van der Waals surface area contributed by atoms with E-state index in [1.165, 1.54) is 6.08 Å². The van der Waals surface area contributed by atoms with E-state index in [0.29, 0.717) is 35.5 Å². The molecule has 1 aliphatic carbocycles. The van der Waals surface area contributed by atoms with E-state index in [2.05, 4.69) is 22.9 Å². The number of anilines is 2. The van der Waals surface area contributed by atoms with Gasteiger partial charge in [0.2, 0.25) is 5.91 Å². The molecule has 0 radical (unpaired) electrons. The highest BCUT2D eigenvalue weighted by Gasteiger charge is 2.23. The highest BCUT2D eigenvalue weighted by molar-refractivity contribution is 6.02. The minimum absolute atomic E-state index is 0.209. The Bertz CT molecular complexity index is 921. The zero-order valence-corrected chi connectivity index (χ0v) is 17.9. The molecule has 1 aliphatic rings. The number of unbranched alkanes of at least 4 members (excludes halogenated alkanes) is 1. The molecule has 0 saturated heterocycles. The number of rotatable bonds is 10. The van der Waals surface area contributed by atoms with Crippen LogP contribution in [0.5, 0.6) is 11.5 Å². The fourth-order valence-electron chi connectivity index (χ4n) is 2.81. The molecule has 0 bridgehead atoms. The van der Waals surface area contributed by atoms with Crippen LogP contribution in [-0.2, 0) is 4.79 Å². The molecule has 0 unspecified atom stereocenters. The predicted octanol–water partition coefficient (Wildman–Crippen LogP) is 4.81. The number of amides is 3. The van der Waals surface area contributed by atoms with Gasteiger partial charge in [0.1, 0.15) is 0 Å². The van der Waals surface area contributed by atoms with E-state index in [1.807, 2.05) is 18.2 Å². The van der Waals surface area contributed by atoms with Crippen LogP contribution in [0.4, 0.5) is 16.2 Å². The second kappa shape index (κ2) is 11.1. The summed E-state index contributed by atoms with van der Waals surface area (Å²) in [5, 5.41) is 8.43. The third-order valence-corrected chi connectivity index (χ3v) is 4.69. The van der Waals surface area contributed by atoms with Crippen molar-refractivity contribution in [2.24, 2.45) is 0 Å². The topological polar surface area (TPSA) is 88.7 Å². The second-order valence-corrected chi connectivity index (χ2v) is 7.38. The molecule has 7 nitrogen and oxygen atoms in total. The smallest absolute Gasteiger partial charge is 0.319 e. The van der Waals surface area contributed by atoms with E-state index in [4.69, 9.17) is 9.47 Å². The Balaban J connectivity index is 1.51. The fourth-order valence-corrected chi connectivity index (χ4v) is 2.81. The number of carbonyl (C=O) groups is 2. The molecule has 1 saturated carbocycles. The zero-order valence-electron chi connectivity index (χ0n) is 17.9. The summed E-state index contributed by atoms with van der Waals surface area (Å²) in [6.07, 6.45) is 7.29. The lowest BCUT2D eigenvalue weighted by Gasteiger charge is -2.11. The molecule has 3 amide bonds. The molecule has 0 atom stereocenters. The van der Waals surface area contributed by atoms with Gasteiger partial charge in [-0.25, -0.2) is 4.79 Å². The van der Waals surface area contributed by atoms with Gasteiger partial charge in [0.15, 0.2) is 11.5 Å². The van der Waals surface area contributed by atoms with E-state index in [9.17, 15) is 9.59 Å². The first-order chi connectivity index (χ1) is 15.1. The van der Waals surface area contributed by atoms with Crippen LogP contribution in [-0.4, -0.2) is 31.7 Å². The summed E-state index contributed by atoms with van der Waals surface area (Å²) in [5.74, 6) is 1.07. The molecule has 2 aromatic rings. The number of methoxy groups -OCH3 is 1. The Morgan fingerprint density at radius 2 is 1.74 bits per heavy atom. The molecule has 31 heavy (non-hydrogen) atoms. The van der Waals surface area contributed by atoms with Crippen molar-refractivity contribution < 1.29 is 19.1 Å². The standard InChI is InChI=1S/C24H29N3O4/c1-3-4-15-31-21-13-5-17(16-22(21)30-2)6-14-23(28)25-18-7-9-19(10-8-18)26-24(29)27-20-11-12-20/h5-10,13-14,16,20H,3-4,11-12,15H2,1-2H3,(H,25,28)(H2,26,27,29)/b14-6+. The molecule has 0 spiro atoms. The second-order valence-electron chi connectivity index (χ2n) is 7.38. The van der Waals surface area contributed by atoms with Gasteiger partial charge in [0, 0.05) is 23.5 Å². The van der Waals surface area contributed by atoms with Crippen LogP contribution in [0.2, 0.25) is 0 Å². The number of hydrogen-bond acceptors (Lipinski definition) is 4. The molecule has 3 N–H and O–H groups in total. The van der Waals surface area contributed by atoms with Crippen molar-refractivity contribution in [1.29, 1.82) is 0 Å². The first-order valence-corrected chi connectivity index (χ1v) is 10.5. The summed E-state index contributed by atoms with van der Waals surface area (Å²) < 4.78 is 11.1. The summed E-state index contributed by atoms with van der Waals surface area (Å²) in [4.78, 5) is 24.0. The zero-order chi connectivity index (χ0) is 22.1. The van der Waals surface area contributed by atoms with Crippen LogP contribution in [0.15, 0.2) is 48.5 Å². The Labute approximate surface area is 182 Å². The van der Waals surface area contributed by atoms with Gasteiger partial charge in [0.25, 0.3) is 0 Å². The lowest BCUT2D eigenvalue weighted by Crippen LogP contribution is -2.30. The van der Waals surface area contributed by atoms with Crippen molar-refractivity contribution in [2.45, 2.75) is 38.6 Å². The molecular formula is C24H29N3O4. The Hall–Kier alpha value is -3.48. The lowest BCUT2D eigenvalue weighted by atomic mass is 10.2.